The molecular weight excluding hydrogens is 244 g/mol. The van der Waals surface area contributed by atoms with Gasteiger partial charge in [-0.2, -0.15) is 0 Å². The number of benzene rings is 1. The number of imidazole rings is 1. The van der Waals surface area contributed by atoms with Gasteiger partial charge in [0.2, 0.25) is 0 Å². The number of rotatable bonds is 4. The predicted molar refractivity (Wildman–Crippen MR) is 71.8 cm³/mol. The molecule has 1 heterocycles. The number of methoxy groups -OCH3 is 1. The first kappa shape index (κ1) is 12.9. The molecule has 6 nitrogen and oxygen atoms in total. The van der Waals surface area contributed by atoms with Gasteiger partial charge in [0.15, 0.2) is 0 Å². The summed E-state index contributed by atoms with van der Waals surface area (Å²) in [6.45, 7) is 0.392. The van der Waals surface area contributed by atoms with E-state index in [1.807, 2.05) is 13.1 Å². The van der Waals surface area contributed by atoms with Crippen LogP contribution in [0.15, 0.2) is 30.7 Å². The number of aryl methyl sites for hydroxylation is 1. The van der Waals surface area contributed by atoms with Crippen LogP contribution in [-0.4, -0.2) is 22.6 Å². The number of nitrogens with zero attached hydrogens (tertiary/aromatic N) is 2. The minimum atomic E-state index is -0.213. The van der Waals surface area contributed by atoms with Gasteiger partial charge in [-0.1, -0.05) is 6.07 Å². The lowest BCUT2D eigenvalue weighted by Gasteiger charge is -2.07. The molecule has 19 heavy (non-hydrogen) atoms. The zero-order chi connectivity index (χ0) is 13.8. The zero-order valence-electron chi connectivity index (χ0n) is 10.9. The first-order valence-corrected chi connectivity index (χ1v) is 5.78. The third-order valence-corrected chi connectivity index (χ3v) is 2.68. The molecule has 6 heteroatoms. The van der Waals surface area contributed by atoms with E-state index in [4.69, 9.17) is 10.5 Å². The number of amides is 1. The minimum Gasteiger partial charge on any atom is -0.495 e. The second-order valence-corrected chi connectivity index (χ2v) is 4.18. The highest BCUT2D eigenvalue weighted by Gasteiger charge is 2.08. The molecule has 3 N–H and O–H groups in total. The van der Waals surface area contributed by atoms with Gasteiger partial charge in [0.25, 0.3) is 5.91 Å². The largest absolute Gasteiger partial charge is 0.495 e. The van der Waals surface area contributed by atoms with E-state index in [0.717, 1.165) is 5.56 Å². The first-order valence-electron chi connectivity index (χ1n) is 5.78. The molecule has 0 unspecified atom stereocenters. The van der Waals surface area contributed by atoms with Crippen LogP contribution in [0.3, 0.4) is 0 Å². The summed E-state index contributed by atoms with van der Waals surface area (Å²) >= 11 is 0. The quantitative estimate of drug-likeness (QED) is 0.801. The monoisotopic (exact) mass is 260 g/mol. The standard InChI is InChI=1S/C13H16N4O2/c1-17-7-11(16-8-17)13(18)15-6-9-3-4-12(19-2)10(14)5-9/h3-5,7-8H,6,14H2,1-2H3,(H,15,18). The van der Waals surface area contributed by atoms with Crippen LogP contribution in [0.2, 0.25) is 0 Å². The van der Waals surface area contributed by atoms with E-state index >= 15 is 0 Å². The Hall–Kier alpha value is -2.50. The van der Waals surface area contributed by atoms with E-state index < -0.39 is 0 Å². The third kappa shape index (κ3) is 3.04. The lowest BCUT2D eigenvalue weighted by atomic mass is 10.2. The Bertz CT molecular complexity index is 592. The fraction of sp³-hybridized carbons (Fsp3) is 0.231. The summed E-state index contributed by atoms with van der Waals surface area (Å²) in [6, 6.07) is 5.41. The van der Waals surface area contributed by atoms with Gasteiger partial charge in [-0.15, -0.1) is 0 Å². The molecule has 0 atom stereocenters. The molecule has 1 aromatic heterocycles. The fourth-order valence-corrected chi connectivity index (χ4v) is 1.70. The highest BCUT2D eigenvalue weighted by atomic mass is 16.5. The van der Waals surface area contributed by atoms with Crippen molar-refractivity contribution in [2.75, 3.05) is 12.8 Å². The van der Waals surface area contributed by atoms with Crippen LogP contribution < -0.4 is 15.8 Å². The van der Waals surface area contributed by atoms with Gasteiger partial charge in [0.05, 0.1) is 19.1 Å². The molecule has 0 aliphatic carbocycles. The number of nitrogens with two attached hydrogens (primary N) is 1. The molecular formula is C13H16N4O2. The number of nitrogens with one attached hydrogen (secondary N) is 1. The first-order chi connectivity index (χ1) is 9.10. The number of carbonyl (C=O) groups excluding carboxylic acids is 1. The maximum absolute atomic E-state index is 11.8. The van der Waals surface area contributed by atoms with Crippen molar-refractivity contribution in [3.8, 4) is 5.75 Å². The van der Waals surface area contributed by atoms with Gasteiger partial charge in [-0.25, -0.2) is 4.98 Å². The van der Waals surface area contributed by atoms with Gasteiger partial charge in [-0.05, 0) is 17.7 Å². The molecule has 0 bridgehead atoms. The van der Waals surface area contributed by atoms with Gasteiger partial charge in [0, 0.05) is 19.8 Å². The van der Waals surface area contributed by atoms with Gasteiger partial charge >= 0.3 is 0 Å². The molecule has 2 rings (SSSR count). The van der Waals surface area contributed by atoms with Gasteiger partial charge in [-0.3, -0.25) is 4.79 Å². The van der Waals surface area contributed by atoms with Crippen LogP contribution in [-0.2, 0) is 13.6 Å². The average Bonchev–Trinajstić information content (AvgIpc) is 2.83. The Labute approximate surface area is 111 Å². The van der Waals surface area contributed by atoms with E-state index in [9.17, 15) is 4.79 Å². The van der Waals surface area contributed by atoms with Crippen molar-refractivity contribution < 1.29 is 9.53 Å². The maximum atomic E-state index is 11.8. The highest BCUT2D eigenvalue weighted by Crippen LogP contribution is 2.21. The van der Waals surface area contributed by atoms with Crippen molar-refractivity contribution in [1.29, 1.82) is 0 Å². The number of hydrogen-bond donors (Lipinski definition) is 2. The smallest absolute Gasteiger partial charge is 0.271 e. The molecule has 0 spiro atoms. The molecule has 0 aliphatic heterocycles. The van der Waals surface area contributed by atoms with Gasteiger partial charge < -0.3 is 20.4 Å². The van der Waals surface area contributed by atoms with Crippen molar-refractivity contribution in [3.63, 3.8) is 0 Å². The van der Waals surface area contributed by atoms with Crippen molar-refractivity contribution >= 4 is 11.6 Å². The van der Waals surface area contributed by atoms with Crippen LogP contribution in [0, 0.1) is 0 Å². The highest BCUT2D eigenvalue weighted by molar-refractivity contribution is 5.91. The Morgan fingerprint density at radius 1 is 1.53 bits per heavy atom. The number of aromatic nitrogens is 2. The Morgan fingerprint density at radius 2 is 2.32 bits per heavy atom. The van der Waals surface area contributed by atoms with Gasteiger partial charge in [0.1, 0.15) is 11.4 Å². The van der Waals surface area contributed by atoms with Crippen LogP contribution in [0.4, 0.5) is 5.69 Å². The van der Waals surface area contributed by atoms with E-state index in [0.29, 0.717) is 23.7 Å². The number of carbonyl (C=O) groups is 1. The molecule has 2 aromatic rings. The predicted octanol–water partition coefficient (Wildman–Crippen LogP) is 0.941. The number of ether oxygens (including phenoxy) is 1. The molecule has 0 saturated carbocycles. The zero-order valence-corrected chi connectivity index (χ0v) is 10.9. The summed E-state index contributed by atoms with van der Waals surface area (Å²) in [5.74, 6) is 0.412. The third-order valence-electron chi connectivity index (χ3n) is 2.68. The fourth-order valence-electron chi connectivity index (χ4n) is 1.70. The summed E-state index contributed by atoms with van der Waals surface area (Å²) in [5, 5.41) is 2.78. The number of anilines is 1. The summed E-state index contributed by atoms with van der Waals surface area (Å²) in [5.41, 5.74) is 7.65. The molecule has 1 aromatic carbocycles. The Balaban J connectivity index is 1.99. The summed E-state index contributed by atoms with van der Waals surface area (Å²) in [6.07, 6.45) is 3.25. The van der Waals surface area contributed by atoms with Crippen molar-refractivity contribution in [2.24, 2.45) is 7.05 Å². The summed E-state index contributed by atoms with van der Waals surface area (Å²) < 4.78 is 6.80. The molecule has 1 amide bonds. The topological polar surface area (TPSA) is 82.2 Å². The van der Waals surface area contributed by atoms with Crippen LogP contribution in [0.25, 0.3) is 0 Å². The van der Waals surface area contributed by atoms with Crippen molar-refractivity contribution in [1.82, 2.24) is 14.9 Å². The molecule has 0 aliphatic rings. The summed E-state index contributed by atoms with van der Waals surface area (Å²) in [4.78, 5) is 15.8. The molecule has 0 saturated heterocycles. The van der Waals surface area contributed by atoms with E-state index in [1.54, 1.807) is 36.3 Å². The minimum absolute atomic E-state index is 0.213. The van der Waals surface area contributed by atoms with Crippen LogP contribution in [0.1, 0.15) is 16.1 Å². The molecule has 0 radical (unpaired) electrons. The lowest BCUT2D eigenvalue weighted by Crippen LogP contribution is -2.23. The van der Waals surface area contributed by atoms with E-state index in [-0.39, 0.29) is 5.91 Å². The van der Waals surface area contributed by atoms with E-state index in [1.165, 1.54) is 0 Å². The molecule has 0 fully saturated rings. The second kappa shape index (κ2) is 5.43. The lowest BCUT2D eigenvalue weighted by molar-refractivity contribution is 0.0946. The maximum Gasteiger partial charge on any atom is 0.271 e. The average molecular weight is 260 g/mol. The Morgan fingerprint density at radius 3 is 2.89 bits per heavy atom. The van der Waals surface area contributed by atoms with Crippen LogP contribution >= 0.6 is 0 Å². The second-order valence-electron chi connectivity index (χ2n) is 4.18. The van der Waals surface area contributed by atoms with Crippen molar-refractivity contribution in [3.05, 3.63) is 42.0 Å². The van der Waals surface area contributed by atoms with Crippen LogP contribution in [0.5, 0.6) is 5.75 Å². The molecule has 100 valence electrons. The Kier molecular flexibility index (Phi) is 3.70. The number of hydrogen-bond acceptors (Lipinski definition) is 4. The number of nitrogen functional groups attached to an aromatic ring is 1. The normalized spacial score (nSPS) is 10.2. The van der Waals surface area contributed by atoms with E-state index in [2.05, 4.69) is 10.3 Å². The van der Waals surface area contributed by atoms with Crippen molar-refractivity contribution in [2.45, 2.75) is 6.54 Å². The SMILES string of the molecule is COc1ccc(CNC(=O)c2cn(C)cn2)cc1N. The summed E-state index contributed by atoms with van der Waals surface area (Å²) in [7, 11) is 3.38.